The molecular formula is C22H11ClF6N2O2. The Morgan fingerprint density at radius 2 is 1.64 bits per heavy atom. The molecular weight excluding hydrogens is 474 g/mol. The summed E-state index contributed by atoms with van der Waals surface area (Å²) in [6.45, 7) is 0. The van der Waals surface area contributed by atoms with E-state index in [0.29, 0.717) is 6.07 Å². The predicted molar refractivity (Wildman–Crippen MR) is 108 cm³/mol. The van der Waals surface area contributed by atoms with Gasteiger partial charge in [0.15, 0.2) is 0 Å². The Hall–Kier alpha value is -3.71. The second kappa shape index (κ2) is 9.03. The number of nitriles is 1. The van der Waals surface area contributed by atoms with Crippen LogP contribution in [-0.4, -0.2) is 5.91 Å². The number of hydrogen-bond acceptors (Lipinski definition) is 3. The smallest absolute Gasteiger partial charge is 0.416 e. The highest BCUT2D eigenvalue weighted by Gasteiger charge is 2.32. The van der Waals surface area contributed by atoms with Crippen molar-refractivity contribution in [2.75, 3.05) is 5.32 Å². The number of hydrogen-bond donors (Lipinski definition) is 1. The number of furan rings is 1. The number of carbonyl (C=O) groups excluding carboxylic acids is 1. The summed E-state index contributed by atoms with van der Waals surface area (Å²) >= 11 is 5.83. The molecule has 0 fully saturated rings. The van der Waals surface area contributed by atoms with E-state index >= 15 is 0 Å². The van der Waals surface area contributed by atoms with Crippen molar-refractivity contribution < 1.29 is 35.6 Å². The second-order valence-electron chi connectivity index (χ2n) is 6.60. The van der Waals surface area contributed by atoms with Gasteiger partial charge in [0.05, 0.1) is 21.8 Å². The third-order valence-electron chi connectivity index (χ3n) is 4.29. The molecule has 170 valence electrons. The molecule has 11 heteroatoms. The highest BCUT2D eigenvalue weighted by molar-refractivity contribution is 6.34. The zero-order valence-electron chi connectivity index (χ0n) is 16.2. The first kappa shape index (κ1) is 23.9. The number of halogens is 7. The molecule has 33 heavy (non-hydrogen) atoms. The van der Waals surface area contributed by atoms with E-state index < -0.39 is 35.0 Å². The summed E-state index contributed by atoms with van der Waals surface area (Å²) in [5.41, 5.74) is -2.72. The van der Waals surface area contributed by atoms with E-state index in [-0.39, 0.29) is 27.8 Å². The molecule has 0 atom stereocenters. The Morgan fingerprint density at radius 1 is 0.970 bits per heavy atom. The quantitative estimate of drug-likeness (QED) is 0.242. The van der Waals surface area contributed by atoms with Gasteiger partial charge in [0.2, 0.25) is 0 Å². The number of amides is 1. The molecule has 0 aliphatic rings. The van der Waals surface area contributed by atoms with E-state index in [0.717, 1.165) is 30.3 Å². The molecule has 1 amide bonds. The first-order chi connectivity index (χ1) is 15.4. The molecule has 1 N–H and O–H groups in total. The van der Waals surface area contributed by atoms with Gasteiger partial charge in [0, 0.05) is 11.6 Å². The van der Waals surface area contributed by atoms with Crippen LogP contribution < -0.4 is 5.32 Å². The molecule has 3 rings (SSSR count). The fraction of sp³-hybridized carbons (Fsp3) is 0.0909. The van der Waals surface area contributed by atoms with Crippen LogP contribution in [0, 0.1) is 11.3 Å². The minimum Gasteiger partial charge on any atom is -0.457 e. The Kier molecular flexibility index (Phi) is 6.56. The van der Waals surface area contributed by atoms with Crippen LogP contribution in [0.4, 0.5) is 32.0 Å². The third-order valence-corrected chi connectivity index (χ3v) is 4.62. The molecule has 0 radical (unpaired) electrons. The maximum Gasteiger partial charge on any atom is 0.416 e. The summed E-state index contributed by atoms with van der Waals surface area (Å²) < 4.78 is 82.8. The average molecular weight is 485 g/mol. The standard InChI is InChI=1S/C22H11ClF6N2O2/c23-17-6-4-15(22(27,28)29)10-18(17)31-20(32)13(11-30)9-16-5-7-19(33-16)12-2-1-3-14(8-12)21(24,25)26/h1-10H,(H,31,32)/b13-9+. The highest BCUT2D eigenvalue weighted by atomic mass is 35.5. The van der Waals surface area contributed by atoms with Crippen LogP contribution >= 0.6 is 11.6 Å². The van der Waals surface area contributed by atoms with Crippen LogP contribution in [0.5, 0.6) is 0 Å². The monoisotopic (exact) mass is 484 g/mol. The lowest BCUT2D eigenvalue weighted by atomic mass is 10.1. The fourth-order valence-corrected chi connectivity index (χ4v) is 2.88. The van der Waals surface area contributed by atoms with Crippen LogP contribution in [0.25, 0.3) is 17.4 Å². The summed E-state index contributed by atoms with van der Waals surface area (Å²) in [5.74, 6) is -1.05. The predicted octanol–water partition coefficient (Wildman–Crippen LogP) is 7.18. The lowest BCUT2D eigenvalue weighted by molar-refractivity contribution is -0.138. The molecule has 0 saturated carbocycles. The van der Waals surface area contributed by atoms with Gasteiger partial charge in [-0.15, -0.1) is 0 Å². The number of rotatable bonds is 4. The minimum atomic E-state index is -4.67. The van der Waals surface area contributed by atoms with Crippen molar-refractivity contribution in [1.29, 1.82) is 5.26 Å². The van der Waals surface area contributed by atoms with Crippen molar-refractivity contribution in [1.82, 2.24) is 0 Å². The molecule has 0 aliphatic heterocycles. The summed E-state index contributed by atoms with van der Waals surface area (Å²) in [4.78, 5) is 12.4. The zero-order valence-corrected chi connectivity index (χ0v) is 16.9. The van der Waals surface area contributed by atoms with E-state index in [1.807, 2.05) is 0 Å². The Balaban J connectivity index is 1.85. The highest BCUT2D eigenvalue weighted by Crippen LogP contribution is 2.35. The van der Waals surface area contributed by atoms with E-state index in [2.05, 4.69) is 5.32 Å². The molecule has 0 bridgehead atoms. The molecule has 0 spiro atoms. The number of benzene rings is 2. The maximum absolute atomic E-state index is 12.9. The number of nitrogens with one attached hydrogen (secondary N) is 1. The van der Waals surface area contributed by atoms with Crippen LogP contribution in [-0.2, 0) is 17.1 Å². The third kappa shape index (κ3) is 5.75. The van der Waals surface area contributed by atoms with E-state index in [9.17, 15) is 36.4 Å². The SMILES string of the molecule is N#C/C(=C\c1ccc(-c2cccc(C(F)(F)F)c2)o1)C(=O)Nc1cc(C(F)(F)F)ccc1Cl. The van der Waals surface area contributed by atoms with Crippen molar-refractivity contribution in [2.24, 2.45) is 0 Å². The molecule has 1 heterocycles. The van der Waals surface area contributed by atoms with Crippen molar-refractivity contribution in [3.05, 3.63) is 82.1 Å². The molecule has 1 aromatic heterocycles. The van der Waals surface area contributed by atoms with Crippen LogP contribution in [0.15, 0.2) is 64.6 Å². The van der Waals surface area contributed by atoms with Gasteiger partial charge < -0.3 is 9.73 Å². The van der Waals surface area contributed by atoms with E-state index in [4.69, 9.17) is 16.0 Å². The fourth-order valence-electron chi connectivity index (χ4n) is 2.71. The molecule has 0 unspecified atom stereocenters. The Labute approximate surface area is 187 Å². The van der Waals surface area contributed by atoms with E-state index in [1.54, 1.807) is 6.07 Å². The number of carbonyl (C=O) groups is 1. The molecule has 2 aromatic carbocycles. The number of alkyl halides is 6. The van der Waals surface area contributed by atoms with Gasteiger partial charge in [-0.2, -0.15) is 31.6 Å². The minimum absolute atomic E-state index is 0.0377. The lowest BCUT2D eigenvalue weighted by Gasteiger charge is -2.11. The maximum atomic E-state index is 12.9. The van der Waals surface area contributed by atoms with Gasteiger partial charge in [-0.3, -0.25) is 4.79 Å². The molecule has 3 aromatic rings. The second-order valence-corrected chi connectivity index (χ2v) is 7.00. The number of anilines is 1. The van der Waals surface area contributed by atoms with Gasteiger partial charge >= 0.3 is 12.4 Å². The van der Waals surface area contributed by atoms with Crippen molar-refractivity contribution in [2.45, 2.75) is 12.4 Å². The average Bonchev–Trinajstić information content (AvgIpc) is 3.21. The number of nitrogens with zero attached hydrogens (tertiary/aromatic N) is 1. The molecule has 0 aliphatic carbocycles. The largest absolute Gasteiger partial charge is 0.457 e. The van der Waals surface area contributed by atoms with Crippen molar-refractivity contribution in [3.8, 4) is 17.4 Å². The van der Waals surface area contributed by atoms with Crippen molar-refractivity contribution in [3.63, 3.8) is 0 Å². The van der Waals surface area contributed by atoms with Gasteiger partial charge in [-0.05, 0) is 42.5 Å². The summed E-state index contributed by atoms with van der Waals surface area (Å²) in [7, 11) is 0. The van der Waals surface area contributed by atoms with Crippen molar-refractivity contribution >= 4 is 29.3 Å². The summed E-state index contributed by atoms with van der Waals surface area (Å²) in [6.07, 6.45) is -8.23. The molecule has 4 nitrogen and oxygen atoms in total. The van der Waals surface area contributed by atoms with Crippen LogP contribution in [0.3, 0.4) is 0 Å². The summed E-state index contributed by atoms with van der Waals surface area (Å²) in [6, 6.07) is 10.9. The van der Waals surface area contributed by atoms with E-state index in [1.165, 1.54) is 24.3 Å². The lowest BCUT2D eigenvalue weighted by Crippen LogP contribution is -2.15. The van der Waals surface area contributed by atoms with Gasteiger partial charge in [0.1, 0.15) is 23.2 Å². The topological polar surface area (TPSA) is 66.0 Å². The van der Waals surface area contributed by atoms with Crippen LogP contribution in [0.1, 0.15) is 16.9 Å². The van der Waals surface area contributed by atoms with Gasteiger partial charge in [0.25, 0.3) is 5.91 Å². The van der Waals surface area contributed by atoms with Gasteiger partial charge in [-0.25, -0.2) is 0 Å². The van der Waals surface area contributed by atoms with Gasteiger partial charge in [-0.1, -0.05) is 23.7 Å². The first-order valence-corrected chi connectivity index (χ1v) is 9.33. The Morgan fingerprint density at radius 3 is 2.27 bits per heavy atom. The summed E-state index contributed by atoms with van der Waals surface area (Å²) in [5, 5.41) is 11.2. The first-order valence-electron chi connectivity index (χ1n) is 8.96. The zero-order chi connectivity index (χ0) is 24.4. The Bertz CT molecular complexity index is 1270. The molecule has 0 saturated heterocycles. The van der Waals surface area contributed by atoms with Crippen LogP contribution in [0.2, 0.25) is 5.02 Å². The normalized spacial score (nSPS) is 12.4.